The Hall–Kier alpha value is -3.79. The first-order valence-corrected chi connectivity index (χ1v) is 11.6. The predicted molar refractivity (Wildman–Crippen MR) is 123 cm³/mol. The minimum Gasteiger partial charge on any atom is -0.475 e. The molecule has 0 saturated carbocycles. The van der Waals surface area contributed by atoms with Gasteiger partial charge in [0.15, 0.2) is 0 Å². The summed E-state index contributed by atoms with van der Waals surface area (Å²) in [4.78, 5) is 40.6. The zero-order chi connectivity index (χ0) is 30.0. The number of hydrogen-bond donors (Lipinski definition) is 2. The zero-order valence-corrected chi connectivity index (χ0v) is 20.7. The number of carboxylic acids is 2. The van der Waals surface area contributed by atoms with Crippen LogP contribution in [0.5, 0.6) is 0 Å². The number of halogens is 6. The molecule has 1 amide bonds. The van der Waals surface area contributed by atoms with Crippen molar-refractivity contribution in [1.29, 1.82) is 0 Å². The van der Waals surface area contributed by atoms with Crippen molar-refractivity contribution < 1.29 is 60.4 Å². The van der Waals surface area contributed by atoms with Gasteiger partial charge in [0.25, 0.3) is 5.91 Å². The Morgan fingerprint density at radius 2 is 1.60 bits per heavy atom. The van der Waals surface area contributed by atoms with Gasteiger partial charge < -0.3 is 24.6 Å². The lowest BCUT2D eigenvalue weighted by molar-refractivity contribution is -0.193. The maximum Gasteiger partial charge on any atom is 0.490 e. The number of carboxylic acid groups (broad SMARTS) is 2. The highest BCUT2D eigenvalue weighted by Crippen LogP contribution is 2.36. The molecule has 0 aliphatic carbocycles. The molecule has 2 saturated heterocycles. The van der Waals surface area contributed by atoms with Crippen LogP contribution in [-0.4, -0.2) is 86.7 Å². The number of rotatable bonds is 4. The highest BCUT2D eigenvalue weighted by molar-refractivity contribution is 5.92. The number of aliphatic carboxylic acids is 2. The maximum atomic E-state index is 12.7. The van der Waals surface area contributed by atoms with E-state index in [9.17, 15) is 31.1 Å². The normalized spacial score (nSPS) is 20.6. The molecular weight excluding hydrogens is 556 g/mol. The molecule has 16 heteroatoms. The van der Waals surface area contributed by atoms with Crippen molar-refractivity contribution in [3.05, 3.63) is 60.2 Å². The topological polar surface area (TPSA) is 139 Å². The third-order valence-electron chi connectivity index (χ3n) is 5.61. The van der Waals surface area contributed by atoms with E-state index in [2.05, 4.69) is 9.97 Å². The van der Waals surface area contributed by atoms with Crippen molar-refractivity contribution in [3.8, 4) is 0 Å². The summed E-state index contributed by atoms with van der Waals surface area (Å²) in [7, 11) is 0. The Bertz CT molecular complexity index is 1100. The van der Waals surface area contributed by atoms with E-state index in [0.29, 0.717) is 25.5 Å². The van der Waals surface area contributed by atoms with E-state index in [-0.39, 0.29) is 17.6 Å². The average molecular weight is 581 g/mol. The van der Waals surface area contributed by atoms with Crippen molar-refractivity contribution in [1.82, 2.24) is 14.9 Å². The molecule has 2 aromatic heterocycles. The number of carbonyl (C=O) groups excluding carboxylic acids is 1. The number of likely N-dealkylation sites (tertiary alicyclic amines) is 1. The van der Waals surface area contributed by atoms with E-state index < -0.39 is 24.3 Å². The van der Waals surface area contributed by atoms with Crippen molar-refractivity contribution in [3.63, 3.8) is 0 Å². The monoisotopic (exact) mass is 581 g/mol. The first-order valence-electron chi connectivity index (χ1n) is 11.6. The van der Waals surface area contributed by atoms with Crippen LogP contribution in [0.3, 0.4) is 0 Å². The summed E-state index contributed by atoms with van der Waals surface area (Å²) < 4.78 is 75.6. The van der Waals surface area contributed by atoms with Crippen LogP contribution < -0.4 is 0 Å². The summed E-state index contributed by atoms with van der Waals surface area (Å²) in [5, 5.41) is 14.2. The van der Waals surface area contributed by atoms with Gasteiger partial charge in [0.2, 0.25) is 0 Å². The van der Waals surface area contributed by atoms with Gasteiger partial charge in [0.05, 0.1) is 31.5 Å². The second-order valence-corrected chi connectivity index (χ2v) is 8.64. The number of carbonyl (C=O) groups is 3. The molecule has 220 valence electrons. The van der Waals surface area contributed by atoms with E-state index in [1.54, 1.807) is 24.7 Å². The van der Waals surface area contributed by atoms with Crippen LogP contribution in [0.25, 0.3) is 0 Å². The molecule has 2 fully saturated rings. The smallest absolute Gasteiger partial charge is 0.475 e. The van der Waals surface area contributed by atoms with Gasteiger partial charge in [-0.05, 0) is 42.7 Å². The first kappa shape index (κ1) is 32.4. The lowest BCUT2D eigenvalue weighted by Gasteiger charge is -2.39. The minimum atomic E-state index is -5.08. The fourth-order valence-electron chi connectivity index (χ4n) is 3.81. The zero-order valence-electron chi connectivity index (χ0n) is 20.7. The number of pyridine rings is 2. The van der Waals surface area contributed by atoms with Gasteiger partial charge in [0, 0.05) is 31.6 Å². The lowest BCUT2D eigenvalue weighted by atomic mass is 9.89. The van der Waals surface area contributed by atoms with Crippen molar-refractivity contribution >= 4 is 17.8 Å². The summed E-state index contributed by atoms with van der Waals surface area (Å²) in [5.74, 6) is -5.53. The number of nitrogens with zero attached hydrogens (tertiary/aromatic N) is 3. The molecule has 4 rings (SSSR count). The van der Waals surface area contributed by atoms with Crippen LogP contribution in [-0.2, 0) is 25.7 Å². The minimum absolute atomic E-state index is 0.0190. The maximum absolute atomic E-state index is 12.7. The van der Waals surface area contributed by atoms with Crippen LogP contribution in [0.2, 0.25) is 0 Å². The third-order valence-corrected chi connectivity index (χ3v) is 5.61. The highest BCUT2D eigenvalue weighted by atomic mass is 19.4. The van der Waals surface area contributed by atoms with Crippen molar-refractivity contribution in [2.24, 2.45) is 0 Å². The van der Waals surface area contributed by atoms with E-state index in [0.717, 1.165) is 31.4 Å². The SMILES string of the molecule is O=C(O)C(F)(F)F.O=C(O)C(F)(F)F.O=C(c1ccccn1)N1CCC[C@]2(C[C@@H](OCc3ccncc3)CO2)C1. The molecule has 2 aliphatic rings. The molecule has 0 unspecified atom stereocenters. The molecule has 2 aromatic rings. The molecule has 4 heterocycles. The van der Waals surface area contributed by atoms with E-state index in [1.807, 2.05) is 29.2 Å². The number of piperidine rings is 1. The second-order valence-electron chi connectivity index (χ2n) is 8.64. The van der Waals surface area contributed by atoms with Gasteiger partial charge in [-0.2, -0.15) is 26.3 Å². The molecule has 2 N–H and O–H groups in total. The summed E-state index contributed by atoms with van der Waals surface area (Å²) in [5.41, 5.74) is 1.32. The van der Waals surface area contributed by atoms with E-state index >= 15 is 0 Å². The quantitative estimate of drug-likeness (QED) is 0.517. The average Bonchev–Trinajstić information content (AvgIpc) is 3.29. The number of aromatic nitrogens is 2. The Kier molecular flexibility index (Phi) is 11.4. The number of alkyl halides is 6. The summed E-state index contributed by atoms with van der Waals surface area (Å²) in [6, 6.07) is 9.34. The van der Waals surface area contributed by atoms with Gasteiger partial charge in [-0.3, -0.25) is 14.8 Å². The third kappa shape index (κ3) is 10.4. The Labute approximate surface area is 223 Å². The second kappa shape index (κ2) is 14.0. The number of hydrogen-bond acceptors (Lipinski definition) is 7. The van der Waals surface area contributed by atoms with Gasteiger partial charge in [-0.15, -0.1) is 0 Å². The molecule has 10 nitrogen and oxygen atoms in total. The van der Waals surface area contributed by atoms with Crippen molar-refractivity contribution in [2.45, 2.75) is 49.9 Å². The van der Waals surface area contributed by atoms with Gasteiger partial charge >= 0.3 is 24.3 Å². The summed E-state index contributed by atoms with van der Waals surface area (Å²) in [6.45, 7) is 2.50. The summed E-state index contributed by atoms with van der Waals surface area (Å²) in [6.07, 6.45) is -2.18. The van der Waals surface area contributed by atoms with Crippen LogP contribution >= 0.6 is 0 Å². The molecule has 1 spiro atoms. The van der Waals surface area contributed by atoms with E-state index in [1.165, 1.54) is 0 Å². The largest absolute Gasteiger partial charge is 0.490 e. The summed E-state index contributed by atoms with van der Waals surface area (Å²) >= 11 is 0. The lowest BCUT2D eigenvalue weighted by Crippen LogP contribution is -2.50. The standard InChI is InChI=1S/C20H23N3O3.2C2HF3O2/c24-19(18-4-1-2-8-22-18)23-11-3-7-20(15-23)12-17(14-26-20)25-13-16-5-9-21-10-6-16;2*3-2(4,5)1(6)7/h1-2,4-6,8-10,17H,3,7,11-15H2;2*(H,6,7)/t17-,20+;;/m1../s1. The number of amides is 1. The molecule has 2 atom stereocenters. The van der Waals surface area contributed by atoms with Crippen LogP contribution in [0.4, 0.5) is 26.3 Å². The molecule has 0 bridgehead atoms. The van der Waals surface area contributed by atoms with Crippen LogP contribution in [0.1, 0.15) is 35.3 Å². The predicted octanol–water partition coefficient (Wildman–Crippen LogP) is 3.72. The Morgan fingerprint density at radius 1 is 1.00 bits per heavy atom. The molecule has 40 heavy (non-hydrogen) atoms. The van der Waals surface area contributed by atoms with E-state index in [4.69, 9.17) is 29.3 Å². The van der Waals surface area contributed by atoms with Crippen LogP contribution in [0, 0.1) is 0 Å². The Balaban J connectivity index is 0.000000333. The molecule has 2 aliphatic heterocycles. The number of ether oxygens (including phenoxy) is 2. The molecule has 0 radical (unpaired) electrons. The fourth-order valence-corrected chi connectivity index (χ4v) is 3.81. The van der Waals surface area contributed by atoms with Crippen LogP contribution in [0.15, 0.2) is 48.9 Å². The highest BCUT2D eigenvalue weighted by Gasteiger charge is 2.45. The Morgan fingerprint density at radius 3 is 2.12 bits per heavy atom. The van der Waals surface area contributed by atoms with Gasteiger partial charge in [0.1, 0.15) is 5.69 Å². The van der Waals surface area contributed by atoms with Crippen molar-refractivity contribution in [2.75, 3.05) is 19.7 Å². The first-order chi connectivity index (χ1) is 18.6. The fraction of sp³-hybridized carbons (Fsp3) is 0.458. The molecular formula is C24H25F6N3O7. The molecule has 0 aromatic carbocycles. The van der Waals surface area contributed by atoms with Gasteiger partial charge in [-0.25, -0.2) is 9.59 Å². The van der Waals surface area contributed by atoms with Gasteiger partial charge in [-0.1, -0.05) is 6.07 Å².